The van der Waals surface area contributed by atoms with Gasteiger partial charge in [-0.05, 0) is 18.1 Å². The third kappa shape index (κ3) is 3.89. The van der Waals surface area contributed by atoms with E-state index < -0.39 is 5.60 Å². The van der Waals surface area contributed by atoms with Gasteiger partial charge in [0, 0.05) is 12.8 Å². The van der Waals surface area contributed by atoms with Gasteiger partial charge in [0.1, 0.15) is 11.4 Å². The molecule has 0 aliphatic carbocycles. The minimum Gasteiger partial charge on any atom is -0.380 e. The molecule has 0 amide bonds. The van der Waals surface area contributed by atoms with Crippen molar-refractivity contribution in [2.24, 2.45) is 0 Å². The first kappa shape index (κ1) is 15.2. The van der Waals surface area contributed by atoms with Crippen LogP contribution in [0.15, 0.2) is 72.8 Å². The van der Waals surface area contributed by atoms with Crippen LogP contribution in [0.2, 0.25) is 0 Å². The van der Waals surface area contributed by atoms with Crippen molar-refractivity contribution in [2.45, 2.75) is 25.4 Å². The van der Waals surface area contributed by atoms with E-state index in [0.717, 1.165) is 11.1 Å². The zero-order chi connectivity index (χ0) is 15.1. The lowest BCUT2D eigenvalue weighted by Crippen LogP contribution is -2.26. The van der Waals surface area contributed by atoms with Crippen LogP contribution in [-0.4, -0.2) is 10.9 Å². The number of aliphatic hydroxyl groups is 1. The predicted molar refractivity (Wildman–Crippen MR) is 84.9 cm³/mol. The number of carbonyl (C=O) groups is 1. The molecule has 2 aromatic rings. The van der Waals surface area contributed by atoms with Crippen LogP contribution in [-0.2, 0) is 10.4 Å². The quantitative estimate of drug-likeness (QED) is 0.816. The highest BCUT2D eigenvalue weighted by molar-refractivity contribution is 5.76. The summed E-state index contributed by atoms with van der Waals surface area (Å²) in [6.07, 6.45) is 4.54. The highest BCUT2D eigenvalue weighted by atomic mass is 16.3. The van der Waals surface area contributed by atoms with E-state index in [2.05, 4.69) is 0 Å². The Kier molecular flexibility index (Phi) is 5.07. The first-order valence-corrected chi connectivity index (χ1v) is 7.11. The van der Waals surface area contributed by atoms with Gasteiger partial charge in [0.05, 0.1) is 0 Å². The fourth-order valence-electron chi connectivity index (χ4n) is 2.33. The van der Waals surface area contributed by atoms with Crippen LogP contribution in [0.1, 0.15) is 30.9 Å². The van der Waals surface area contributed by atoms with E-state index in [9.17, 15) is 9.90 Å². The first-order valence-electron chi connectivity index (χ1n) is 7.11. The Labute approximate surface area is 125 Å². The molecule has 0 aliphatic heterocycles. The van der Waals surface area contributed by atoms with Gasteiger partial charge in [-0.2, -0.15) is 0 Å². The maximum atomic E-state index is 11.2. The standard InChI is InChI=1S/C19H20O2/c1-16(20)10-8-9-15-19(21,17-11-4-2-5-12-17)18-13-6-3-7-14-18/h2-9,11-14,21H,10,15H2,1H3/b9-8+. The molecule has 0 unspecified atom stereocenters. The summed E-state index contributed by atoms with van der Waals surface area (Å²) in [5, 5.41) is 11.2. The highest BCUT2D eigenvalue weighted by Crippen LogP contribution is 2.33. The van der Waals surface area contributed by atoms with Gasteiger partial charge in [-0.15, -0.1) is 0 Å². The van der Waals surface area contributed by atoms with Crippen molar-refractivity contribution in [1.82, 2.24) is 0 Å². The second-order valence-corrected chi connectivity index (χ2v) is 5.17. The molecule has 2 heteroatoms. The average molecular weight is 280 g/mol. The normalized spacial score (nSPS) is 11.7. The minimum absolute atomic E-state index is 0.120. The maximum absolute atomic E-state index is 11.2. The fourth-order valence-corrected chi connectivity index (χ4v) is 2.33. The molecule has 0 aromatic heterocycles. The molecule has 0 heterocycles. The molecule has 0 saturated heterocycles. The van der Waals surface area contributed by atoms with Crippen molar-refractivity contribution in [1.29, 1.82) is 0 Å². The molecule has 108 valence electrons. The van der Waals surface area contributed by atoms with Gasteiger partial charge in [-0.3, -0.25) is 4.79 Å². The van der Waals surface area contributed by atoms with Crippen LogP contribution >= 0.6 is 0 Å². The van der Waals surface area contributed by atoms with Gasteiger partial charge in [-0.25, -0.2) is 0 Å². The SMILES string of the molecule is CC(=O)C/C=C/CC(O)(c1ccccc1)c1ccccc1. The highest BCUT2D eigenvalue weighted by Gasteiger charge is 2.29. The second-order valence-electron chi connectivity index (χ2n) is 5.17. The maximum Gasteiger partial charge on any atom is 0.133 e. The monoisotopic (exact) mass is 280 g/mol. The molecule has 2 rings (SSSR count). The van der Waals surface area contributed by atoms with Gasteiger partial charge in [-0.1, -0.05) is 72.8 Å². The molecule has 21 heavy (non-hydrogen) atoms. The topological polar surface area (TPSA) is 37.3 Å². The zero-order valence-electron chi connectivity index (χ0n) is 12.2. The van der Waals surface area contributed by atoms with Crippen LogP contribution in [0.3, 0.4) is 0 Å². The van der Waals surface area contributed by atoms with Gasteiger partial charge >= 0.3 is 0 Å². The number of carbonyl (C=O) groups excluding carboxylic acids is 1. The van der Waals surface area contributed by atoms with Crippen LogP contribution in [0.25, 0.3) is 0 Å². The Morgan fingerprint density at radius 2 is 1.43 bits per heavy atom. The molecule has 0 aliphatic rings. The largest absolute Gasteiger partial charge is 0.380 e. The summed E-state index contributed by atoms with van der Waals surface area (Å²) in [7, 11) is 0. The third-order valence-electron chi connectivity index (χ3n) is 3.49. The lowest BCUT2D eigenvalue weighted by molar-refractivity contribution is -0.116. The van der Waals surface area contributed by atoms with E-state index in [1.165, 1.54) is 0 Å². The Balaban J connectivity index is 2.31. The molecule has 2 aromatic carbocycles. The van der Waals surface area contributed by atoms with E-state index in [1.807, 2.05) is 72.8 Å². The molecular formula is C19H20O2. The lowest BCUT2D eigenvalue weighted by atomic mass is 9.83. The number of hydrogen-bond acceptors (Lipinski definition) is 2. The molecule has 1 N–H and O–H groups in total. The van der Waals surface area contributed by atoms with Gasteiger partial charge in [0.2, 0.25) is 0 Å². The summed E-state index contributed by atoms with van der Waals surface area (Å²) in [6.45, 7) is 1.56. The van der Waals surface area contributed by atoms with Crippen molar-refractivity contribution in [3.8, 4) is 0 Å². The van der Waals surface area contributed by atoms with Crippen LogP contribution in [0, 0.1) is 0 Å². The number of Topliss-reactive ketones (excluding diaryl/α,β-unsaturated/α-hetero) is 1. The first-order chi connectivity index (χ1) is 10.1. The Morgan fingerprint density at radius 1 is 0.952 bits per heavy atom. The summed E-state index contributed by atoms with van der Waals surface area (Å²) in [6, 6.07) is 19.2. The Hall–Kier alpha value is -2.19. The van der Waals surface area contributed by atoms with Crippen molar-refractivity contribution in [2.75, 3.05) is 0 Å². The fraction of sp³-hybridized carbons (Fsp3) is 0.211. The Morgan fingerprint density at radius 3 is 1.86 bits per heavy atom. The molecule has 2 nitrogen and oxygen atoms in total. The molecule has 0 spiro atoms. The van der Waals surface area contributed by atoms with E-state index in [4.69, 9.17) is 0 Å². The van der Waals surface area contributed by atoms with Gasteiger partial charge < -0.3 is 5.11 Å². The molecular weight excluding hydrogens is 260 g/mol. The summed E-state index contributed by atoms with van der Waals surface area (Å²) < 4.78 is 0. The predicted octanol–water partition coefficient (Wildman–Crippen LogP) is 3.85. The number of allylic oxidation sites excluding steroid dienone is 1. The van der Waals surface area contributed by atoms with Crippen molar-refractivity contribution < 1.29 is 9.90 Å². The van der Waals surface area contributed by atoms with E-state index in [-0.39, 0.29) is 5.78 Å². The van der Waals surface area contributed by atoms with Crippen molar-refractivity contribution in [3.05, 3.63) is 83.9 Å². The molecule has 0 fully saturated rings. The molecule has 0 saturated carbocycles. The summed E-state index contributed by atoms with van der Waals surface area (Å²) in [5.41, 5.74) is 0.628. The van der Waals surface area contributed by atoms with Crippen LogP contribution < -0.4 is 0 Å². The summed E-state index contributed by atoms with van der Waals surface area (Å²) >= 11 is 0. The third-order valence-corrected chi connectivity index (χ3v) is 3.49. The van der Waals surface area contributed by atoms with E-state index in [1.54, 1.807) is 6.92 Å². The van der Waals surface area contributed by atoms with Gasteiger partial charge in [0.25, 0.3) is 0 Å². The summed E-state index contributed by atoms with van der Waals surface area (Å²) in [5.74, 6) is 0.120. The second kappa shape index (κ2) is 7.00. The molecule has 0 atom stereocenters. The smallest absolute Gasteiger partial charge is 0.133 e. The number of rotatable bonds is 6. The van der Waals surface area contributed by atoms with Crippen LogP contribution in [0.5, 0.6) is 0 Å². The zero-order valence-corrected chi connectivity index (χ0v) is 12.2. The molecule has 0 radical (unpaired) electrons. The van der Waals surface area contributed by atoms with Gasteiger partial charge in [0.15, 0.2) is 0 Å². The van der Waals surface area contributed by atoms with Crippen molar-refractivity contribution in [3.63, 3.8) is 0 Å². The number of benzene rings is 2. The Bertz CT molecular complexity index is 560. The van der Waals surface area contributed by atoms with Crippen LogP contribution in [0.4, 0.5) is 0 Å². The number of ketones is 1. The number of hydrogen-bond donors (Lipinski definition) is 1. The lowest BCUT2D eigenvalue weighted by Gasteiger charge is -2.28. The van der Waals surface area contributed by atoms with E-state index in [0.29, 0.717) is 12.8 Å². The van der Waals surface area contributed by atoms with Crippen molar-refractivity contribution >= 4 is 5.78 Å². The summed E-state index contributed by atoms with van der Waals surface area (Å²) in [4.78, 5) is 11.0. The minimum atomic E-state index is -1.07. The average Bonchev–Trinajstić information content (AvgIpc) is 2.53. The molecule has 0 bridgehead atoms. The van der Waals surface area contributed by atoms with E-state index >= 15 is 0 Å².